The van der Waals surface area contributed by atoms with Gasteiger partial charge in [-0.15, -0.1) is 11.3 Å². The van der Waals surface area contributed by atoms with E-state index in [9.17, 15) is 0 Å². The van der Waals surface area contributed by atoms with Gasteiger partial charge in [0.05, 0.1) is 0 Å². The van der Waals surface area contributed by atoms with Crippen LogP contribution >= 0.6 is 11.3 Å². The van der Waals surface area contributed by atoms with Gasteiger partial charge in [-0.1, -0.05) is 0 Å². The molecule has 2 aliphatic rings. The third kappa shape index (κ3) is 2.93. The first kappa shape index (κ1) is 13.3. The van der Waals surface area contributed by atoms with E-state index in [0.717, 1.165) is 30.3 Å². The lowest BCUT2D eigenvalue weighted by Gasteiger charge is -2.25. The summed E-state index contributed by atoms with van der Waals surface area (Å²) in [7, 11) is 2.31. The number of aromatic nitrogens is 1. The van der Waals surface area contributed by atoms with Crippen molar-refractivity contribution >= 4 is 16.5 Å². The number of anilines is 1. The van der Waals surface area contributed by atoms with Gasteiger partial charge in [0.1, 0.15) is 0 Å². The van der Waals surface area contributed by atoms with Gasteiger partial charge in [-0.3, -0.25) is 9.80 Å². The molecule has 4 nitrogen and oxygen atoms in total. The molecule has 3 rings (SSSR count). The minimum atomic E-state index is 0.772. The first-order valence-corrected chi connectivity index (χ1v) is 8.20. The molecule has 2 atom stereocenters. The van der Waals surface area contributed by atoms with E-state index in [2.05, 4.69) is 34.1 Å². The van der Waals surface area contributed by atoms with Crippen molar-refractivity contribution in [2.24, 2.45) is 0 Å². The SMILES string of the molecule is CCNc1ncc(CN2CCC3CCC(C2)N3C)s1. The van der Waals surface area contributed by atoms with E-state index in [-0.39, 0.29) is 0 Å². The first-order valence-electron chi connectivity index (χ1n) is 7.39. The fourth-order valence-corrected chi connectivity index (χ4v) is 4.28. The smallest absolute Gasteiger partial charge is 0.182 e. The first-order chi connectivity index (χ1) is 9.26. The number of hydrogen-bond donors (Lipinski definition) is 1. The molecule has 0 aliphatic carbocycles. The van der Waals surface area contributed by atoms with Crippen molar-refractivity contribution < 1.29 is 0 Å². The molecule has 2 unspecified atom stereocenters. The summed E-state index contributed by atoms with van der Waals surface area (Å²) in [5.41, 5.74) is 0. The lowest BCUT2D eigenvalue weighted by molar-refractivity contribution is 0.215. The van der Waals surface area contributed by atoms with Crippen LogP contribution in [0.3, 0.4) is 0 Å². The molecule has 1 N–H and O–H groups in total. The topological polar surface area (TPSA) is 31.4 Å². The summed E-state index contributed by atoms with van der Waals surface area (Å²) in [6, 6.07) is 1.60. The highest BCUT2D eigenvalue weighted by Crippen LogP contribution is 2.29. The Balaban J connectivity index is 1.60. The van der Waals surface area contributed by atoms with Gasteiger partial charge >= 0.3 is 0 Å². The lowest BCUT2D eigenvalue weighted by Crippen LogP contribution is -2.36. The van der Waals surface area contributed by atoms with E-state index in [4.69, 9.17) is 0 Å². The number of likely N-dealkylation sites (N-methyl/N-ethyl adjacent to an activating group) is 1. The molecule has 0 spiro atoms. The zero-order valence-electron chi connectivity index (χ0n) is 11.9. The van der Waals surface area contributed by atoms with Crippen molar-refractivity contribution in [2.75, 3.05) is 32.0 Å². The van der Waals surface area contributed by atoms with Gasteiger partial charge in [0.15, 0.2) is 5.13 Å². The summed E-state index contributed by atoms with van der Waals surface area (Å²) < 4.78 is 0. The van der Waals surface area contributed by atoms with Crippen LogP contribution in [0, 0.1) is 0 Å². The van der Waals surface area contributed by atoms with Gasteiger partial charge in [-0.2, -0.15) is 0 Å². The zero-order valence-corrected chi connectivity index (χ0v) is 12.7. The summed E-state index contributed by atoms with van der Waals surface area (Å²) in [4.78, 5) is 11.0. The van der Waals surface area contributed by atoms with Crippen LogP contribution in [-0.4, -0.2) is 53.5 Å². The summed E-state index contributed by atoms with van der Waals surface area (Å²) in [6.07, 6.45) is 6.14. The molecule has 1 aromatic rings. The molecule has 0 amide bonds. The third-order valence-electron chi connectivity index (χ3n) is 4.49. The van der Waals surface area contributed by atoms with Gasteiger partial charge in [-0.05, 0) is 33.2 Å². The number of nitrogens with one attached hydrogen (secondary N) is 1. The largest absolute Gasteiger partial charge is 0.362 e. The molecule has 1 aromatic heterocycles. The van der Waals surface area contributed by atoms with Crippen molar-refractivity contribution in [1.82, 2.24) is 14.8 Å². The number of likely N-dealkylation sites (tertiary alicyclic amines) is 1. The Morgan fingerprint density at radius 3 is 3.05 bits per heavy atom. The molecular formula is C14H24N4S. The predicted molar refractivity (Wildman–Crippen MR) is 80.7 cm³/mol. The second-order valence-corrected chi connectivity index (χ2v) is 6.85. The summed E-state index contributed by atoms with van der Waals surface area (Å²) in [6.45, 7) is 6.59. The second kappa shape index (κ2) is 5.77. The molecule has 0 radical (unpaired) electrons. The van der Waals surface area contributed by atoms with Gasteiger partial charge in [0, 0.05) is 49.3 Å². The Labute approximate surface area is 119 Å². The van der Waals surface area contributed by atoms with E-state index in [1.165, 1.54) is 37.2 Å². The van der Waals surface area contributed by atoms with Crippen LogP contribution in [0.2, 0.25) is 0 Å². The number of fused-ring (bicyclic) bond motifs is 2. The third-order valence-corrected chi connectivity index (χ3v) is 5.43. The van der Waals surface area contributed by atoms with Gasteiger partial charge < -0.3 is 5.32 Å². The molecule has 19 heavy (non-hydrogen) atoms. The van der Waals surface area contributed by atoms with Crippen LogP contribution in [-0.2, 0) is 6.54 Å². The standard InChI is InChI=1S/C14H24N4S/c1-3-15-14-16-8-13(19-14)10-18-7-6-11-4-5-12(9-18)17(11)2/h8,11-12H,3-7,9-10H2,1-2H3,(H,15,16). The highest BCUT2D eigenvalue weighted by Gasteiger charge is 2.34. The van der Waals surface area contributed by atoms with Crippen molar-refractivity contribution in [2.45, 2.75) is 44.8 Å². The fourth-order valence-electron chi connectivity index (χ4n) is 3.36. The summed E-state index contributed by atoms with van der Waals surface area (Å²) in [5.74, 6) is 0. The maximum Gasteiger partial charge on any atom is 0.182 e. The Morgan fingerprint density at radius 2 is 2.21 bits per heavy atom. The van der Waals surface area contributed by atoms with Crippen molar-refractivity contribution in [3.63, 3.8) is 0 Å². The van der Waals surface area contributed by atoms with Crippen molar-refractivity contribution in [3.8, 4) is 0 Å². The molecule has 2 aliphatic heterocycles. The lowest BCUT2D eigenvalue weighted by atomic mass is 10.1. The quantitative estimate of drug-likeness (QED) is 0.916. The Hall–Kier alpha value is -0.650. The van der Waals surface area contributed by atoms with Crippen LogP contribution in [0.25, 0.3) is 0 Å². The number of nitrogens with zero attached hydrogens (tertiary/aromatic N) is 3. The second-order valence-electron chi connectivity index (χ2n) is 5.74. The normalized spacial score (nSPS) is 28.5. The van der Waals surface area contributed by atoms with Gasteiger partial charge in [0.2, 0.25) is 0 Å². The number of thiazole rings is 1. The Kier molecular flexibility index (Phi) is 4.05. The Morgan fingerprint density at radius 1 is 1.37 bits per heavy atom. The molecule has 3 heterocycles. The van der Waals surface area contributed by atoms with Crippen LogP contribution in [0.1, 0.15) is 31.1 Å². The molecule has 0 aromatic carbocycles. The van der Waals surface area contributed by atoms with Gasteiger partial charge in [-0.25, -0.2) is 4.98 Å². The number of hydrogen-bond acceptors (Lipinski definition) is 5. The molecule has 2 saturated heterocycles. The zero-order chi connectivity index (χ0) is 13.2. The van der Waals surface area contributed by atoms with E-state index in [1.807, 2.05) is 6.20 Å². The van der Waals surface area contributed by atoms with E-state index >= 15 is 0 Å². The maximum absolute atomic E-state index is 4.43. The molecular weight excluding hydrogens is 256 g/mol. The Bertz CT molecular complexity index is 419. The van der Waals surface area contributed by atoms with Crippen molar-refractivity contribution in [3.05, 3.63) is 11.1 Å². The monoisotopic (exact) mass is 280 g/mol. The minimum Gasteiger partial charge on any atom is -0.362 e. The molecule has 5 heteroatoms. The average Bonchev–Trinajstić information content (AvgIpc) is 2.90. The van der Waals surface area contributed by atoms with E-state index < -0.39 is 0 Å². The van der Waals surface area contributed by atoms with Crippen LogP contribution < -0.4 is 5.32 Å². The van der Waals surface area contributed by atoms with Crippen molar-refractivity contribution in [1.29, 1.82) is 0 Å². The number of rotatable bonds is 4. The van der Waals surface area contributed by atoms with Crippen LogP contribution in [0.5, 0.6) is 0 Å². The van der Waals surface area contributed by atoms with Gasteiger partial charge in [0.25, 0.3) is 0 Å². The molecule has 106 valence electrons. The highest BCUT2D eigenvalue weighted by molar-refractivity contribution is 7.15. The maximum atomic E-state index is 4.43. The average molecular weight is 280 g/mol. The molecule has 0 saturated carbocycles. The van der Waals surface area contributed by atoms with Crippen LogP contribution in [0.4, 0.5) is 5.13 Å². The van der Waals surface area contributed by atoms with E-state index in [0.29, 0.717) is 0 Å². The van der Waals surface area contributed by atoms with E-state index in [1.54, 1.807) is 11.3 Å². The molecule has 2 fully saturated rings. The predicted octanol–water partition coefficient (Wildman–Crippen LogP) is 2.24. The van der Waals surface area contributed by atoms with Crippen LogP contribution in [0.15, 0.2) is 6.20 Å². The fraction of sp³-hybridized carbons (Fsp3) is 0.786. The summed E-state index contributed by atoms with van der Waals surface area (Å²) >= 11 is 1.80. The highest BCUT2D eigenvalue weighted by atomic mass is 32.1. The summed E-state index contributed by atoms with van der Waals surface area (Å²) in [5, 5.41) is 4.35. The molecule has 2 bridgehead atoms. The minimum absolute atomic E-state index is 0.772.